The molecule has 2 saturated carbocycles. The van der Waals surface area contributed by atoms with Crippen molar-refractivity contribution in [2.75, 3.05) is 13.1 Å². The Morgan fingerprint density at radius 1 is 1.29 bits per heavy atom. The number of nitrogens with one attached hydrogen (secondary N) is 1. The highest BCUT2D eigenvalue weighted by molar-refractivity contribution is 5.12. The van der Waals surface area contributed by atoms with E-state index in [0.717, 1.165) is 12.5 Å². The molecule has 0 radical (unpaired) electrons. The summed E-state index contributed by atoms with van der Waals surface area (Å²) < 4.78 is 0. The molecule has 1 aromatic heterocycles. The van der Waals surface area contributed by atoms with Gasteiger partial charge in [0.1, 0.15) is 0 Å². The summed E-state index contributed by atoms with van der Waals surface area (Å²) in [6.07, 6.45) is 10.2. The fraction of sp³-hybridized carbons (Fsp3) is 0.722. The van der Waals surface area contributed by atoms with Crippen molar-refractivity contribution >= 4 is 0 Å². The van der Waals surface area contributed by atoms with E-state index < -0.39 is 0 Å². The Morgan fingerprint density at radius 3 is 2.76 bits per heavy atom. The Bertz CT molecular complexity index is 490. The molecule has 4 rings (SSSR count). The molecule has 0 aromatic carbocycles. The highest BCUT2D eigenvalue weighted by atomic mass is 15.3. The van der Waals surface area contributed by atoms with Gasteiger partial charge in [0.15, 0.2) is 0 Å². The van der Waals surface area contributed by atoms with Gasteiger partial charge in [-0.3, -0.25) is 9.88 Å². The van der Waals surface area contributed by atoms with E-state index in [9.17, 15) is 0 Å². The molecule has 1 N–H and O–H groups in total. The lowest BCUT2D eigenvalue weighted by Gasteiger charge is -2.53. The van der Waals surface area contributed by atoms with Crippen LogP contribution in [-0.2, 0) is 6.54 Å². The largest absolute Gasteiger partial charge is 0.308 e. The molecular weight excluding hydrogens is 258 g/mol. The van der Waals surface area contributed by atoms with Gasteiger partial charge in [0.2, 0.25) is 0 Å². The minimum Gasteiger partial charge on any atom is -0.308 e. The predicted molar refractivity (Wildman–Crippen MR) is 85.0 cm³/mol. The molecule has 0 amide bonds. The molecule has 1 aliphatic heterocycles. The zero-order valence-electron chi connectivity index (χ0n) is 13.1. The van der Waals surface area contributed by atoms with Crippen molar-refractivity contribution in [2.45, 2.75) is 63.1 Å². The van der Waals surface area contributed by atoms with E-state index in [2.05, 4.69) is 34.3 Å². The third-order valence-electron chi connectivity index (χ3n) is 6.10. The zero-order valence-corrected chi connectivity index (χ0v) is 13.1. The Morgan fingerprint density at radius 2 is 2.10 bits per heavy atom. The number of rotatable bonds is 3. The monoisotopic (exact) mass is 285 g/mol. The molecule has 2 aliphatic carbocycles. The third kappa shape index (κ3) is 2.51. The van der Waals surface area contributed by atoms with Crippen molar-refractivity contribution in [1.29, 1.82) is 0 Å². The van der Waals surface area contributed by atoms with E-state index in [-0.39, 0.29) is 0 Å². The van der Waals surface area contributed by atoms with Crippen LogP contribution in [0.4, 0.5) is 0 Å². The third-order valence-corrected chi connectivity index (χ3v) is 6.10. The second-order valence-electron chi connectivity index (χ2n) is 7.65. The zero-order chi connectivity index (χ0) is 14.3. The molecule has 1 unspecified atom stereocenters. The number of hydrogen-bond acceptors (Lipinski definition) is 3. The van der Waals surface area contributed by atoms with Gasteiger partial charge in [-0.15, -0.1) is 0 Å². The van der Waals surface area contributed by atoms with Gasteiger partial charge in [0.25, 0.3) is 0 Å². The number of hydrogen-bond donors (Lipinski definition) is 1. The first kappa shape index (κ1) is 13.7. The molecule has 1 aromatic rings. The summed E-state index contributed by atoms with van der Waals surface area (Å²) in [6, 6.07) is 6.31. The Hall–Kier alpha value is -0.930. The fourth-order valence-corrected chi connectivity index (χ4v) is 4.53. The van der Waals surface area contributed by atoms with Crippen LogP contribution < -0.4 is 5.32 Å². The maximum absolute atomic E-state index is 4.57. The molecule has 114 valence electrons. The van der Waals surface area contributed by atoms with Crippen molar-refractivity contribution in [3.05, 3.63) is 30.1 Å². The van der Waals surface area contributed by atoms with Crippen LogP contribution in [0.15, 0.2) is 24.4 Å². The Kier molecular flexibility index (Phi) is 3.31. The summed E-state index contributed by atoms with van der Waals surface area (Å²) in [5.41, 5.74) is 1.94. The van der Waals surface area contributed by atoms with Crippen molar-refractivity contribution in [2.24, 2.45) is 5.92 Å². The standard InChI is InChI=1S/C18H27N3/c1-17(15-7-8-15)14-21(12-16-6-2-5-11-19-16)18(13-20-17)9-3-4-10-18/h2,5-6,11,15,20H,3-4,7-10,12-14H2,1H3. The summed E-state index contributed by atoms with van der Waals surface area (Å²) in [6.45, 7) is 5.82. The normalized spacial score (nSPS) is 32.6. The lowest BCUT2D eigenvalue weighted by atomic mass is 9.83. The predicted octanol–water partition coefficient (Wildman–Crippen LogP) is 2.97. The van der Waals surface area contributed by atoms with Crippen LogP contribution in [0.3, 0.4) is 0 Å². The Labute approximate surface area is 128 Å². The molecule has 1 spiro atoms. The topological polar surface area (TPSA) is 28.2 Å². The maximum Gasteiger partial charge on any atom is 0.0544 e. The minimum atomic E-state index is 0.322. The van der Waals surface area contributed by atoms with Crippen LogP contribution in [-0.4, -0.2) is 34.1 Å². The molecule has 3 aliphatic rings. The van der Waals surface area contributed by atoms with Crippen molar-refractivity contribution in [3.63, 3.8) is 0 Å². The summed E-state index contributed by atoms with van der Waals surface area (Å²) in [7, 11) is 0. The first-order chi connectivity index (χ1) is 10.2. The van der Waals surface area contributed by atoms with Crippen LogP contribution in [0.25, 0.3) is 0 Å². The second kappa shape index (κ2) is 5.06. The molecular formula is C18H27N3. The summed E-state index contributed by atoms with van der Waals surface area (Å²) >= 11 is 0. The van der Waals surface area contributed by atoms with E-state index in [4.69, 9.17) is 0 Å². The van der Waals surface area contributed by atoms with Crippen molar-refractivity contribution in [1.82, 2.24) is 15.2 Å². The number of aromatic nitrogens is 1. The summed E-state index contributed by atoms with van der Waals surface area (Å²) in [5.74, 6) is 0.891. The van der Waals surface area contributed by atoms with Crippen LogP contribution in [0.1, 0.15) is 51.1 Å². The number of nitrogens with zero attached hydrogens (tertiary/aromatic N) is 2. The molecule has 3 nitrogen and oxygen atoms in total. The smallest absolute Gasteiger partial charge is 0.0544 e. The van der Waals surface area contributed by atoms with Crippen LogP contribution in [0.2, 0.25) is 0 Å². The highest BCUT2D eigenvalue weighted by Crippen LogP contribution is 2.46. The van der Waals surface area contributed by atoms with E-state index in [0.29, 0.717) is 11.1 Å². The lowest BCUT2D eigenvalue weighted by molar-refractivity contribution is -0.00151. The van der Waals surface area contributed by atoms with E-state index in [1.54, 1.807) is 0 Å². The summed E-state index contributed by atoms with van der Waals surface area (Å²) in [4.78, 5) is 7.35. The average Bonchev–Trinajstić information content (AvgIpc) is 3.26. The van der Waals surface area contributed by atoms with Gasteiger partial charge in [-0.1, -0.05) is 18.9 Å². The summed E-state index contributed by atoms with van der Waals surface area (Å²) in [5, 5.41) is 3.94. The van der Waals surface area contributed by atoms with Crippen molar-refractivity contribution in [3.8, 4) is 0 Å². The van der Waals surface area contributed by atoms with E-state index >= 15 is 0 Å². The fourth-order valence-electron chi connectivity index (χ4n) is 4.53. The lowest BCUT2D eigenvalue weighted by Crippen LogP contribution is -2.68. The number of pyridine rings is 1. The van der Waals surface area contributed by atoms with Gasteiger partial charge in [-0.25, -0.2) is 0 Å². The van der Waals surface area contributed by atoms with Gasteiger partial charge < -0.3 is 5.32 Å². The van der Waals surface area contributed by atoms with Gasteiger partial charge in [0, 0.05) is 36.9 Å². The molecule has 1 saturated heterocycles. The first-order valence-corrected chi connectivity index (χ1v) is 8.60. The maximum atomic E-state index is 4.57. The molecule has 3 heteroatoms. The second-order valence-corrected chi connectivity index (χ2v) is 7.65. The van der Waals surface area contributed by atoms with Crippen LogP contribution >= 0.6 is 0 Å². The molecule has 2 heterocycles. The quantitative estimate of drug-likeness (QED) is 0.925. The van der Waals surface area contributed by atoms with Gasteiger partial charge in [-0.2, -0.15) is 0 Å². The average molecular weight is 285 g/mol. The van der Waals surface area contributed by atoms with E-state index in [1.807, 2.05) is 12.3 Å². The molecule has 0 bridgehead atoms. The van der Waals surface area contributed by atoms with Crippen LogP contribution in [0, 0.1) is 5.92 Å². The molecule has 21 heavy (non-hydrogen) atoms. The van der Waals surface area contributed by atoms with E-state index in [1.165, 1.54) is 57.3 Å². The SMILES string of the molecule is CC1(C2CC2)CN(Cc2ccccn2)C2(CCCC2)CN1. The Balaban J connectivity index is 1.58. The molecule has 3 fully saturated rings. The first-order valence-electron chi connectivity index (χ1n) is 8.60. The minimum absolute atomic E-state index is 0.322. The van der Waals surface area contributed by atoms with Crippen molar-refractivity contribution < 1.29 is 0 Å². The van der Waals surface area contributed by atoms with Gasteiger partial charge in [0.05, 0.1) is 5.69 Å². The molecule has 1 atom stereocenters. The van der Waals surface area contributed by atoms with Crippen LogP contribution in [0.5, 0.6) is 0 Å². The number of piperazine rings is 1. The highest BCUT2D eigenvalue weighted by Gasteiger charge is 2.51. The van der Waals surface area contributed by atoms with Gasteiger partial charge >= 0.3 is 0 Å². The van der Waals surface area contributed by atoms with Gasteiger partial charge in [-0.05, 0) is 50.7 Å².